The van der Waals surface area contributed by atoms with Crippen LogP contribution < -0.4 is 24.8 Å². The quantitative estimate of drug-likeness (QED) is 0.436. The van der Waals surface area contributed by atoms with Gasteiger partial charge in [0.05, 0.1) is 27.2 Å². The number of fused-ring (bicyclic) bond motifs is 7. The largest absolute Gasteiger partial charge is 0.493 e. The molecule has 0 saturated carbocycles. The van der Waals surface area contributed by atoms with Crippen molar-refractivity contribution in [1.29, 1.82) is 0 Å². The van der Waals surface area contributed by atoms with Crippen molar-refractivity contribution in [3.8, 4) is 17.2 Å². The van der Waals surface area contributed by atoms with Gasteiger partial charge in [0, 0.05) is 33.6 Å². The average Bonchev–Trinajstić information content (AvgIpc) is 3.70. The Hall–Kier alpha value is -4.08. The molecule has 10 heteroatoms. The van der Waals surface area contributed by atoms with Gasteiger partial charge in [-0.05, 0) is 61.3 Å². The maximum absolute atomic E-state index is 15.0. The lowest BCUT2D eigenvalue weighted by molar-refractivity contribution is -0.137. The molecule has 7 rings (SSSR count). The molecule has 210 valence electrons. The molecule has 4 heterocycles. The molecular weight excluding hydrogens is 546 g/mol. The van der Waals surface area contributed by atoms with Crippen molar-refractivity contribution < 1.29 is 28.6 Å². The zero-order chi connectivity index (χ0) is 28.7. The summed E-state index contributed by atoms with van der Waals surface area (Å²) in [6, 6.07) is 15.4. The summed E-state index contributed by atoms with van der Waals surface area (Å²) in [7, 11) is 4.47. The predicted octanol–water partition coefficient (Wildman–Crippen LogP) is 4.38. The van der Waals surface area contributed by atoms with E-state index in [1.165, 1.54) is 21.3 Å². The fourth-order valence-corrected chi connectivity index (χ4v) is 8.13. The van der Waals surface area contributed by atoms with Crippen LogP contribution in [0.15, 0.2) is 54.6 Å². The van der Waals surface area contributed by atoms with Gasteiger partial charge in [-0.2, -0.15) is 0 Å². The smallest absolute Gasteiger partial charge is 0.251 e. The lowest BCUT2D eigenvalue weighted by atomic mass is 9.57. The molecule has 2 amide bonds. The molecule has 3 aromatic carbocycles. The van der Waals surface area contributed by atoms with Crippen molar-refractivity contribution in [2.24, 2.45) is 5.92 Å². The number of benzene rings is 3. The Morgan fingerprint density at radius 3 is 2.29 bits per heavy atom. The fraction of sp³-hybridized carbons (Fsp3) is 0.323. The van der Waals surface area contributed by atoms with Gasteiger partial charge in [-0.25, -0.2) is 0 Å². The molecule has 0 radical (unpaired) electrons. The second-order valence-corrected chi connectivity index (χ2v) is 11.3. The number of carbonyl (C=O) groups excluding carboxylic acids is 3. The number of halogens is 1. The van der Waals surface area contributed by atoms with Crippen molar-refractivity contribution in [2.75, 3.05) is 38.5 Å². The minimum Gasteiger partial charge on any atom is -0.493 e. The number of nitrogens with zero attached hydrogens (tertiary/aromatic N) is 1. The minimum atomic E-state index is -1.58. The highest BCUT2D eigenvalue weighted by atomic mass is 35.5. The number of methoxy groups -OCH3 is 3. The molecule has 41 heavy (non-hydrogen) atoms. The number of hydrogen-bond donors (Lipinski definition) is 2. The third-order valence-electron chi connectivity index (χ3n) is 9.29. The summed E-state index contributed by atoms with van der Waals surface area (Å²) >= 11 is 6.53. The van der Waals surface area contributed by atoms with Gasteiger partial charge in [-0.3, -0.25) is 19.3 Å². The molecule has 9 nitrogen and oxygen atoms in total. The van der Waals surface area contributed by atoms with Crippen LogP contribution in [-0.4, -0.2) is 56.4 Å². The van der Waals surface area contributed by atoms with Crippen molar-refractivity contribution in [3.05, 3.63) is 76.3 Å². The van der Waals surface area contributed by atoms with Crippen molar-refractivity contribution in [2.45, 2.75) is 29.8 Å². The zero-order valence-corrected chi connectivity index (χ0v) is 23.5. The molecule has 0 unspecified atom stereocenters. The van der Waals surface area contributed by atoms with Crippen LogP contribution in [0.3, 0.4) is 0 Å². The number of anilines is 2. The molecule has 0 aromatic heterocycles. The molecular formula is C31H28ClN3O6. The number of amides is 2. The van der Waals surface area contributed by atoms with Gasteiger partial charge in [-0.15, -0.1) is 0 Å². The molecule has 2 spiro atoms. The Labute approximate surface area is 241 Å². The van der Waals surface area contributed by atoms with E-state index in [1.54, 1.807) is 30.3 Å². The Morgan fingerprint density at radius 1 is 0.902 bits per heavy atom. The summed E-state index contributed by atoms with van der Waals surface area (Å²) in [6.45, 7) is 0.542. The molecule has 2 fully saturated rings. The fourth-order valence-electron chi connectivity index (χ4n) is 7.95. The summed E-state index contributed by atoms with van der Waals surface area (Å²) in [5.41, 5.74) is -0.374. The predicted molar refractivity (Wildman–Crippen MR) is 152 cm³/mol. The van der Waals surface area contributed by atoms with Crippen LogP contribution in [0.4, 0.5) is 11.4 Å². The topological polar surface area (TPSA) is 106 Å². The number of ether oxygens (including phenoxy) is 3. The number of carbonyl (C=O) groups is 3. The number of rotatable bonds is 5. The third-order valence-corrected chi connectivity index (χ3v) is 9.53. The van der Waals surface area contributed by atoms with E-state index in [1.807, 2.05) is 24.3 Å². The van der Waals surface area contributed by atoms with Crippen LogP contribution in [0.1, 0.15) is 34.3 Å². The summed E-state index contributed by atoms with van der Waals surface area (Å²) in [5, 5.41) is 6.51. The van der Waals surface area contributed by atoms with Crippen LogP contribution in [0.25, 0.3) is 0 Å². The van der Waals surface area contributed by atoms with Crippen LogP contribution in [-0.2, 0) is 20.5 Å². The van der Waals surface area contributed by atoms with E-state index >= 15 is 0 Å². The molecule has 0 aliphatic carbocycles. The highest BCUT2D eigenvalue weighted by Gasteiger charge is 2.81. The van der Waals surface area contributed by atoms with Gasteiger partial charge in [-0.1, -0.05) is 29.8 Å². The summed E-state index contributed by atoms with van der Waals surface area (Å²) in [4.78, 5) is 46.1. The van der Waals surface area contributed by atoms with E-state index < -0.39 is 22.9 Å². The maximum atomic E-state index is 15.0. The highest BCUT2D eigenvalue weighted by molar-refractivity contribution is 6.31. The molecule has 4 atom stereocenters. The van der Waals surface area contributed by atoms with E-state index in [0.29, 0.717) is 63.3 Å². The van der Waals surface area contributed by atoms with Gasteiger partial charge in [0.2, 0.25) is 11.7 Å². The number of hydrogen-bond acceptors (Lipinski definition) is 7. The normalized spacial score (nSPS) is 27.4. The van der Waals surface area contributed by atoms with Crippen LogP contribution >= 0.6 is 11.6 Å². The van der Waals surface area contributed by atoms with E-state index in [9.17, 15) is 14.4 Å². The first-order valence-corrected chi connectivity index (χ1v) is 13.9. The lowest BCUT2D eigenvalue weighted by Crippen LogP contribution is -2.62. The van der Waals surface area contributed by atoms with Crippen molar-refractivity contribution in [1.82, 2.24) is 4.90 Å². The maximum Gasteiger partial charge on any atom is 0.251 e. The van der Waals surface area contributed by atoms with Gasteiger partial charge >= 0.3 is 0 Å². The Bertz CT molecular complexity index is 1630. The molecule has 4 aliphatic heterocycles. The number of para-hydroxylation sites is 1. The summed E-state index contributed by atoms with van der Waals surface area (Å²) in [6.07, 6.45) is 1.41. The Kier molecular flexibility index (Phi) is 5.65. The number of Topliss-reactive ketones (excluding diaryl/α,β-unsaturated/α-hetero) is 1. The second-order valence-electron chi connectivity index (χ2n) is 10.8. The Balaban J connectivity index is 1.55. The Morgan fingerprint density at radius 2 is 1.59 bits per heavy atom. The van der Waals surface area contributed by atoms with Crippen molar-refractivity contribution in [3.63, 3.8) is 0 Å². The first-order valence-electron chi connectivity index (χ1n) is 13.5. The number of ketones is 1. The van der Waals surface area contributed by atoms with Crippen LogP contribution in [0.5, 0.6) is 17.2 Å². The number of nitrogens with one attached hydrogen (secondary N) is 2. The average molecular weight is 574 g/mol. The molecule has 4 aliphatic rings. The molecule has 2 N–H and O–H groups in total. The van der Waals surface area contributed by atoms with E-state index in [2.05, 4.69) is 15.5 Å². The zero-order valence-electron chi connectivity index (χ0n) is 22.7. The molecule has 0 bridgehead atoms. The van der Waals surface area contributed by atoms with Gasteiger partial charge < -0.3 is 24.8 Å². The molecule has 3 aromatic rings. The second kappa shape index (κ2) is 8.96. The standard InChI is InChI=1S/C31H28ClN3O6/c1-39-23-13-16(14-24(40-2)27(23)41-3)26(36)25-22-9-6-12-35(22)31(19-15-17(32)10-11-21(19)34-29(31)38)30(25)18-7-4-5-8-20(18)33-28(30)37/h4-5,7-8,10-11,13-15,22,25H,6,9,12H2,1-3H3,(H,33,37)(H,34,38)/t22-,25+,30-,31-/m0/s1. The first-order chi connectivity index (χ1) is 19.8. The summed E-state index contributed by atoms with van der Waals surface area (Å²) < 4.78 is 16.6. The first kappa shape index (κ1) is 25.9. The van der Waals surface area contributed by atoms with Gasteiger partial charge in [0.15, 0.2) is 17.3 Å². The van der Waals surface area contributed by atoms with Crippen LogP contribution in [0, 0.1) is 5.92 Å². The monoisotopic (exact) mass is 573 g/mol. The molecule has 2 saturated heterocycles. The van der Waals surface area contributed by atoms with E-state index in [-0.39, 0.29) is 17.6 Å². The SMILES string of the molecule is COc1cc(C(=O)[C@H]2[C@@H]3CCCN3[C@@]3(C(=O)Nc4ccc(Cl)cc43)[C@]23C(=O)Nc2ccccc23)cc(OC)c1OC. The minimum absolute atomic E-state index is 0.284. The lowest BCUT2D eigenvalue weighted by Gasteiger charge is -2.43. The van der Waals surface area contributed by atoms with Crippen LogP contribution in [0.2, 0.25) is 5.02 Å². The van der Waals surface area contributed by atoms with Gasteiger partial charge in [0.25, 0.3) is 5.91 Å². The van der Waals surface area contributed by atoms with Gasteiger partial charge in [0.1, 0.15) is 11.0 Å². The van der Waals surface area contributed by atoms with Crippen molar-refractivity contribution >= 4 is 40.6 Å². The third kappa shape index (κ3) is 3.02. The van der Waals surface area contributed by atoms with E-state index in [4.69, 9.17) is 25.8 Å². The summed E-state index contributed by atoms with van der Waals surface area (Å²) in [5.74, 6) is -0.912. The highest BCUT2D eigenvalue weighted by Crippen LogP contribution is 2.68. The van der Waals surface area contributed by atoms with E-state index in [0.717, 1.165) is 6.42 Å².